The number of fused-ring (bicyclic) bond motifs is 2. The second-order valence-corrected chi connectivity index (χ2v) is 10.1. The van der Waals surface area contributed by atoms with Crippen molar-refractivity contribution in [2.24, 2.45) is 5.92 Å². The van der Waals surface area contributed by atoms with Crippen molar-refractivity contribution < 1.29 is 4.39 Å². The number of aromatic nitrogens is 4. The third-order valence-corrected chi connectivity index (χ3v) is 7.23. The van der Waals surface area contributed by atoms with Gasteiger partial charge < -0.3 is 10.3 Å². The van der Waals surface area contributed by atoms with Gasteiger partial charge in [-0.3, -0.25) is 10.1 Å². The number of allylic oxidation sites excluding steroid dienone is 5. The summed E-state index contributed by atoms with van der Waals surface area (Å²) in [7, 11) is 0. The Morgan fingerprint density at radius 2 is 1.89 bits per heavy atom. The van der Waals surface area contributed by atoms with E-state index < -0.39 is 0 Å². The fourth-order valence-corrected chi connectivity index (χ4v) is 4.94. The van der Waals surface area contributed by atoms with Crippen LogP contribution in [0.2, 0.25) is 0 Å². The first-order valence-corrected chi connectivity index (χ1v) is 12.9. The molecule has 0 saturated heterocycles. The minimum Gasteiger partial charge on any atom is -0.359 e. The first-order valence-electron chi connectivity index (χ1n) is 12.1. The van der Waals surface area contributed by atoms with Gasteiger partial charge in [-0.25, -0.2) is 0 Å². The van der Waals surface area contributed by atoms with Crippen LogP contribution in [0.3, 0.4) is 0 Å². The van der Waals surface area contributed by atoms with E-state index in [1.54, 1.807) is 18.3 Å². The van der Waals surface area contributed by atoms with E-state index in [1.165, 1.54) is 6.07 Å². The minimum atomic E-state index is -0.229. The molecule has 0 radical (unpaired) electrons. The van der Waals surface area contributed by atoms with Crippen molar-refractivity contribution >= 4 is 38.7 Å². The van der Waals surface area contributed by atoms with Gasteiger partial charge in [-0.05, 0) is 72.5 Å². The first-order chi connectivity index (χ1) is 17.9. The molecule has 0 amide bonds. The molecule has 186 valence electrons. The molecule has 0 atom stereocenters. The van der Waals surface area contributed by atoms with Crippen LogP contribution in [0.5, 0.6) is 0 Å². The summed E-state index contributed by atoms with van der Waals surface area (Å²) >= 11 is 1.09. The molecule has 0 aliphatic rings. The molecular weight excluding hydrogens is 481 g/mol. The molecule has 0 unspecified atom stereocenters. The zero-order valence-electron chi connectivity index (χ0n) is 21.0. The number of thiophene rings is 1. The van der Waals surface area contributed by atoms with E-state index in [0.29, 0.717) is 5.92 Å². The van der Waals surface area contributed by atoms with Crippen molar-refractivity contribution in [2.75, 3.05) is 0 Å². The quantitative estimate of drug-likeness (QED) is 0.185. The van der Waals surface area contributed by atoms with Crippen molar-refractivity contribution in [1.29, 1.82) is 0 Å². The molecule has 37 heavy (non-hydrogen) atoms. The lowest BCUT2D eigenvalue weighted by atomic mass is 10.0. The number of benzene rings is 1. The second kappa shape index (κ2) is 10.0. The number of hydrogen-bond acceptors (Lipinski definition) is 4. The van der Waals surface area contributed by atoms with Crippen molar-refractivity contribution in [3.63, 3.8) is 0 Å². The van der Waals surface area contributed by atoms with Gasteiger partial charge in [0.15, 0.2) is 5.13 Å². The van der Waals surface area contributed by atoms with Gasteiger partial charge in [0.2, 0.25) is 0 Å². The Labute approximate surface area is 219 Å². The predicted octanol–water partition coefficient (Wildman–Crippen LogP) is 8.21. The van der Waals surface area contributed by atoms with Crippen LogP contribution in [0.15, 0.2) is 91.4 Å². The lowest BCUT2D eigenvalue weighted by Crippen LogP contribution is -2.14. The van der Waals surface area contributed by atoms with Gasteiger partial charge >= 0.3 is 0 Å². The zero-order chi connectivity index (χ0) is 26.1. The third-order valence-electron chi connectivity index (χ3n) is 6.35. The molecule has 1 aromatic carbocycles. The number of pyridine rings is 1. The fourth-order valence-electron chi connectivity index (χ4n) is 4.19. The van der Waals surface area contributed by atoms with Gasteiger partial charge in [-0.15, -0.1) is 11.3 Å². The van der Waals surface area contributed by atoms with E-state index in [9.17, 15) is 4.39 Å². The maximum absolute atomic E-state index is 13.7. The summed E-state index contributed by atoms with van der Waals surface area (Å²) in [6.45, 7) is 14.3. The number of nitrogens with zero attached hydrogens (tertiary/aromatic N) is 2. The van der Waals surface area contributed by atoms with Crippen molar-refractivity contribution in [1.82, 2.24) is 25.5 Å². The number of H-pyrrole nitrogens is 2. The largest absolute Gasteiger partial charge is 0.359 e. The number of hydrogen-bond donors (Lipinski definition) is 3. The van der Waals surface area contributed by atoms with E-state index in [1.807, 2.05) is 25.1 Å². The summed E-state index contributed by atoms with van der Waals surface area (Å²) in [4.78, 5) is 8.79. The molecule has 5 aromatic rings. The fraction of sp³-hybridized carbons (Fsp3) is 0.133. The second-order valence-electron chi connectivity index (χ2n) is 9.09. The highest BCUT2D eigenvalue weighted by atomic mass is 32.1. The van der Waals surface area contributed by atoms with Crippen LogP contribution in [0, 0.1) is 11.0 Å². The maximum Gasteiger partial charge on any atom is 0.177 e. The van der Waals surface area contributed by atoms with Crippen LogP contribution in [0.4, 0.5) is 4.39 Å². The van der Waals surface area contributed by atoms with Crippen molar-refractivity contribution in [3.8, 4) is 22.0 Å². The molecule has 0 aliphatic carbocycles. The third kappa shape index (κ3) is 4.78. The molecule has 5 nitrogen and oxygen atoms in total. The standard InChI is InChI=1S/C30H28FN5S/c1-6-19(14-21(7-2)33-18(5)17(3)4)20-8-9-25-22(15-20)29(36-35-25)26-16-23-24(34-26)12-13-32-30(23)27-10-11-28(31)37-27/h6-17,33-34H,2,5H2,1,3-4H3,(H,35,36)/b19-6+,21-14+. The van der Waals surface area contributed by atoms with Gasteiger partial charge in [0.05, 0.1) is 21.8 Å². The number of aromatic amines is 2. The Morgan fingerprint density at radius 1 is 1.08 bits per heavy atom. The Kier molecular flexibility index (Phi) is 6.63. The van der Waals surface area contributed by atoms with E-state index in [0.717, 1.165) is 77.6 Å². The van der Waals surface area contributed by atoms with Crippen molar-refractivity contribution in [3.05, 3.63) is 102 Å². The number of nitrogens with one attached hydrogen (secondary N) is 3. The highest BCUT2D eigenvalue weighted by Gasteiger charge is 2.16. The van der Waals surface area contributed by atoms with Crippen LogP contribution in [-0.4, -0.2) is 20.2 Å². The Balaban J connectivity index is 1.56. The molecule has 7 heteroatoms. The van der Waals surface area contributed by atoms with E-state index >= 15 is 0 Å². The molecular formula is C30H28FN5S. The topological polar surface area (TPSA) is 69.4 Å². The van der Waals surface area contributed by atoms with E-state index in [4.69, 9.17) is 0 Å². The number of rotatable bonds is 8. The summed E-state index contributed by atoms with van der Waals surface area (Å²) in [5.41, 5.74) is 8.22. The van der Waals surface area contributed by atoms with E-state index in [2.05, 4.69) is 76.8 Å². The maximum atomic E-state index is 13.7. The van der Waals surface area contributed by atoms with Crippen molar-refractivity contribution in [2.45, 2.75) is 20.8 Å². The summed E-state index contributed by atoms with van der Waals surface area (Å²) in [5.74, 6) is 0.313. The summed E-state index contributed by atoms with van der Waals surface area (Å²) in [5, 5.41) is 12.8. The Hall–Kier alpha value is -4.23. The molecule has 0 spiro atoms. The molecule has 4 aromatic heterocycles. The minimum absolute atomic E-state index is 0.229. The van der Waals surface area contributed by atoms with Crippen LogP contribution < -0.4 is 5.32 Å². The van der Waals surface area contributed by atoms with Gasteiger partial charge in [-0.1, -0.05) is 39.1 Å². The molecule has 0 saturated carbocycles. The van der Waals surface area contributed by atoms with Crippen LogP contribution in [-0.2, 0) is 0 Å². The smallest absolute Gasteiger partial charge is 0.177 e. The van der Waals surface area contributed by atoms with Gasteiger partial charge in [0.1, 0.15) is 5.69 Å². The van der Waals surface area contributed by atoms with E-state index in [-0.39, 0.29) is 5.13 Å². The molecule has 0 fully saturated rings. The highest BCUT2D eigenvalue weighted by molar-refractivity contribution is 7.13. The SMILES string of the molecule is C=C/C(=C\C(=C/C)c1ccc2[nH]nc(-c3cc4c(-c5ccc(F)s5)nccc4[nH]3)c2c1)NC(=C)C(C)C. The molecule has 3 N–H and O–H groups in total. The van der Waals surface area contributed by atoms with Gasteiger partial charge in [0.25, 0.3) is 0 Å². The predicted molar refractivity (Wildman–Crippen MR) is 153 cm³/mol. The monoisotopic (exact) mass is 509 g/mol. The zero-order valence-corrected chi connectivity index (χ0v) is 21.8. The number of halogens is 1. The van der Waals surface area contributed by atoms with Gasteiger partial charge in [-0.2, -0.15) is 9.49 Å². The summed E-state index contributed by atoms with van der Waals surface area (Å²) < 4.78 is 13.7. The Bertz CT molecular complexity index is 1700. The van der Waals surface area contributed by atoms with Crippen LogP contribution in [0.1, 0.15) is 26.3 Å². The first kappa shape index (κ1) is 24.5. The summed E-state index contributed by atoms with van der Waals surface area (Å²) in [6, 6.07) is 13.4. The average molecular weight is 510 g/mol. The van der Waals surface area contributed by atoms with Crippen LogP contribution in [0.25, 0.3) is 49.3 Å². The molecule has 5 rings (SSSR count). The Morgan fingerprint density at radius 3 is 2.59 bits per heavy atom. The average Bonchev–Trinajstić information content (AvgIpc) is 3.63. The molecule has 0 aliphatic heterocycles. The molecule has 4 heterocycles. The lowest BCUT2D eigenvalue weighted by Gasteiger charge is -2.14. The summed E-state index contributed by atoms with van der Waals surface area (Å²) in [6.07, 6.45) is 7.68. The lowest BCUT2D eigenvalue weighted by molar-refractivity contribution is 0.657. The molecule has 0 bridgehead atoms. The van der Waals surface area contributed by atoms with Crippen LogP contribution >= 0.6 is 11.3 Å². The van der Waals surface area contributed by atoms with Gasteiger partial charge in [0, 0.05) is 33.9 Å². The highest BCUT2D eigenvalue weighted by Crippen LogP contribution is 2.35. The normalized spacial score (nSPS) is 12.6.